The molecule has 0 radical (unpaired) electrons. The maximum atomic E-state index is 2.30. The van der Waals surface area contributed by atoms with Crippen LogP contribution < -0.4 is 0 Å². The van der Waals surface area contributed by atoms with Crippen LogP contribution in [0.4, 0.5) is 0 Å². The van der Waals surface area contributed by atoms with Crippen molar-refractivity contribution in [3.8, 4) is 0 Å². The van der Waals surface area contributed by atoms with Crippen LogP contribution in [0.3, 0.4) is 0 Å². The number of rotatable bonds is 0. The molecule has 1 saturated carbocycles. The Morgan fingerprint density at radius 1 is 0.667 bits per heavy atom. The lowest BCUT2D eigenvalue weighted by Gasteiger charge is -2.21. The lowest BCUT2D eigenvalue weighted by Crippen LogP contribution is -2.10. The Bertz CT molecular complexity index is 335. The van der Waals surface area contributed by atoms with Gasteiger partial charge in [0.1, 0.15) is 0 Å². The maximum Gasteiger partial charge on any atom is 0.0152 e. The first-order chi connectivity index (χ1) is 7.04. The molecule has 15 heavy (non-hydrogen) atoms. The van der Waals surface area contributed by atoms with Crippen LogP contribution in [0.25, 0.3) is 0 Å². The lowest BCUT2D eigenvalue weighted by molar-refractivity contribution is 0.581. The van der Waals surface area contributed by atoms with Crippen molar-refractivity contribution in [3.05, 3.63) is 46.6 Å². The highest BCUT2D eigenvalue weighted by Gasteiger charge is 2.38. The zero-order chi connectivity index (χ0) is 11.6. The molecular weight excluding hydrogens is 180 g/mol. The molecule has 0 nitrogen and oxygen atoms in total. The fourth-order valence-electron chi connectivity index (χ4n) is 2.76. The van der Waals surface area contributed by atoms with E-state index in [1.165, 1.54) is 22.3 Å². The summed E-state index contributed by atoms with van der Waals surface area (Å²) in [5.41, 5.74) is 5.86. The van der Waals surface area contributed by atoms with Crippen molar-refractivity contribution in [1.82, 2.24) is 0 Å². The van der Waals surface area contributed by atoms with Gasteiger partial charge in [-0.15, -0.1) is 0 Å². The third-order valence-corrected chi connectivity index (χ3v) is 3.37. The van der Waals surface area contributed by atoms with Gasteiger partial charge in [0.15, 0.2) is 0 Å². The molecule has 0 saturated heterocycles. The van der Waals surface area contributed by atoms with Crippen LogP contribution in [-0.4, -0.2) is 0 Å². The Balaban J connectivity index is 3.52. The molecule has 0 aromatic heterocycles. The molecule has 0 aromatic rings. The van der Waals surface area contributed by atoms with Gasteiger partial charge in [0.05, 0.1) is 0 Å². The zero-order valence-corrected chi connectivity index (χ0v) is 10.8. The van der Waals surface area contributed by atoms with Crippen molar-refractivity contribution >= 4 is 0 Å². The summed E-state index contributed by atoms with van der Waals surface area (Å²) >= 11 is 0. The van der Waals surface area contributed by atoms with E-state index in [9.17, 15) is 0 Å². The van der Waals surface area contributed by atoms with E-state index in [4.69, 9.17) is 0 Å². The normalized spacial score (nSPS) is 31.1. The molecule has 0 heteroatoms. The summed E-state index contributed by atoms with van der Waals surface area (Å²) in [6.45, 7) is 13.1. The topological polar surface area (TPSA) is 0 Å². The molecule has 0 aromatic carbocycles. The molecular formula is C15H22. The summed E-state index contributed by atoms with van der Waals surface area (Å²) in [7, 11) is 0. The highest BCUT2D eigenvalue weighted by Crippen LogP contribution is 2.52. The SMILES string of the molecule is CC=C1C(=CC)C(=CC)C(C)(C)C1=CC. The summed E-state index contributed by atoms with van der Waals surface area (Å²) in [4.78, 5) is 0. The molecule has 0 spiro atoms. The van der Waals surface area contributed by atoms with Crippen molar-refractivity contribution < 1.29 is 0 Å². The number of hydrogen-bond donors (Lipinski definition) is 0. The van der Waals surface area contributed by atoms with E-state index in [1.807, 2.05) is 0 Å². The standard InChI is InChI=1S/C15H22/c1-7-11-12(8-2)14(10-4)15(5,6)13(11)9-3/h7-10H,1-6H3. The predicted octanol–water partition coefficient (Wildman–Crippen LogP) is 4.81. The monoisotopic (exact) mass is 202 g/mol. The predicted molar refractivity (Wildman–Crippen MR) is 68.8 cm³/mol. The zero-order valence-electron chi connectivity index (χ0n) is 10.8. The van der Waals surface area contributed by atoms with Crippen molar-refractivity contribution in [2.24, 2.45) is 5.41 Å². The first-order valence-corrected chi connectivity index (χ1v) is 5.71. The Kier molecular flexibility index (Phi) is 3.38. The van der Waals surface area contributed by atoms with Gasteiger partial charge in [-0.1, -0.05) is 38.2 Å². The molecule has 0 heterocycles. The van der Waals surface area contributed by atoms with E-state index in [1.54, 1.807) is 0 Å². The molecule has 0 amide bonds. The number of allylic oxidation sites excluding steroid dienone is 8. The fraction of sp³-hybridized carbons (Fsp3) is 0.467. The second-order valence-electron chi connectivity index (χ2n) is 4.43. The van der Waals surface area contributed by atoms with Gasteiger partial charge in [0.2, 0.25) is 0 Å². The molecule has 0 bridgehead atoms. The highest BCUT2D eigenvalue weighted by molar-refractivity contribution is 5.68. The molecule has 1 aliphatic carbocycles. The smallest absolute Gasteiger partial charge is 0.0152 e. The molecule has 0 N–H and O–H groups in total. The molecule has 1 rings (SSSR count). The molecule has 0 unspecified atom stereocenters. The van der Waals surface area contributed by atoms with Gasteiger partial charge in [-0.3, -0.25) is 0 Å². The van der Waals surface area contributed by atoms with E-state index >= 15 is 0 Å². The van der Waals surface area contributed by atoms with E-state index < -0.39 is 0 Å². The van der Waals surface area contributed by atoms with Gasteiger partial charge in [-0.25, -0.2) is 0 Å². The van der Waals surface area contributed by atoms with Gasteiger partial charge in [0.25, 0.3) is 0 Å². The lowest BCUT2D eigenvalue weighted by atomic mass is 9.82. The fourth-order valence-corrected chi connectivity index (χ4v) is 2.76. The van der Waals surface area contributed by atoms with E-state index in [2.05, 4.69) is 65.8 Å². The van der Waals surface area contributed by atoms with Gasteiger partial charge in [-0.05, 0) is 50.0 Å². The Morgan fingerprint density at radius 2 is 1.00 bits per heavy atom. The molecule has 1 aliphatic rings. The average molecular weight is 202 g/mol. The van der Waals surface area contributed by atoms with Crippen LogP contribution in [0.5, 0.6) is 0 Å². The largest absolute Gasteiger partial charge is 0.0829 e. The molecule has 0 atom stereocenters. The Morgan fingerprint density at radius 3 is 1.20 bits per heavy atom. The first kappa shape index (κ1) is 12.0. The summed E-state index contributed by atoms with van der Waals surface area (Å²) < 4.78 is 0. The third-order valence-electron chi connectivity index (χ3n) is 3.37. The maximum absolute atomic E-state index is 2.30. The summed E-state index contributed by atoms with van der Waals surface area (Å²) in [5, 5.41) is 0. The molecule has 0 aliphatic heterocycles. The van der Waals surface area contributed by atoms with Gasteiger partial charge >= 0.3 is 0 Å². The van der Waals surface area contributed by atoms with E-state index in [0.717, 1.165) is 0 Å². The minimum atomic E-state index is 0.160. The van der Waals surface area contributed by atoms with Gasteiger partial charge < -0.3 is 0 Å². The summed E-state index contributed by atoms with van der Waals surface area (Å²) in [6.07, 6.45) is 8.94. The van der Waals surface area contributed by atoms with Crippen LogP contribution in [-0.2, 0) is 0 Å². The second-order valence-corrected chi connectivity index (χ2v) is 4.43. The number of hydrogen-bond acceptors (Lipinski definition) is 0. The van der Waals surface area contributed by atoms with Crippen molar-refractivity contribution in [3.63, 3.8) is 0 Å². The second kappa shape index (κ2) is 4.22. The summed E-state index contributed by atoms with van der Waals surface area (Å²) in [5.74, 6) is 0. The van der Waals surface area contributed by atoms with Crippen molar-refractivity contribution in [2.45, 2.75) is 41.5 Å². The van der Waals surface area contributed by atoms with Crippen molar-refractivity contribution in [2.75, 3.05) is 0 Å². The minimum absolute atomic E-state index is 0.160. The van der Waals surface area contributed by atoms with E-state index in [-0.39, 0.29) is 5.41 Å². The van der Waals surface area contributed by atoms with Crippen LogP contribution >= 0.6 is 0 Å². The van der Waals surface area contributed by atoms with Crippen LogP contribution in [0.1, 0.15) is 41.5 Å². The first-order valence-electron chi connectivity index (χ1n) is 5.71. The van der Waals surface area contributed by atoms with Crippen LogP contribution in [0.15, 0.2) is 46.6 Å². The quantitative estimate of drug-likeness (QED) is 0.528. The van der Waals surface area contributed by atoms with E-state index in [0.29, 0.717) is 0 Å². The minimum Gasteiger partial charge on any atom is -0.0829 e. The highest BCUT2D eigenvalue weighted by atomic mass is 14.4. The Hall–Kier alpha value is -1.04. The Labute approximate surface area is 94.1 Å². The molecule has 1 fully saturated rings. The molecule has 82 valence electrons. The van der Waals surface area contributed by atoms with Gasteiger partial charge in [0, 0.05) is 5.41 Å². The average Bonchev–Trinajstić information content (AvgIpc) is 2.43. The van der Waals surface area contributed by atoms with Gasteiger partial charge in [-0.2, -0.15) is 0 Å². The third kappa shape index (κ3) is 1.62. The van der Waals surface area contributed by atoms with Crippen LogP contribution in [0, 0.1) is 5.41 Å². The summed E-state index contributed by atoms with van der Waals surface area (Å²) in [6, 6.07) is 0. The van der Waals surface area contributed by atoms with Crippen LogP contribution in [0.2, 0.25) is 0 Å². The van der Waals surface area contributed by atoms with Crippen molar-refractivity contribution in [1.29, 1.82) is 0 Å².